The number of hydrogen-bond donors (Lipinski definition) is 2. The number of hydrogen-bond acceptors (Lipinski definition) is 3. The number of benzene rings is 2. The van der Waals surface area contributed by atoms with Crippen molar-refractivity contribution in [3.05, 3.63) is 59.7 Å². The molecule has 2 rings (SSSR count). The molecule has 26 heavy (non-hydrogen) atoms. The van der Waals surface area contributed by atoms with Crippen LogP contribution in [0.25, 0.3) is 0 Å². The van der Waals surface area contributed by atoms with Gasteiger partial charge in [-0.1, -0.05) is 45.0 Å². The van der Waals surface area contributed by atoms with Gasteiger partial charge in [-0.05, 0) is 40.8 Å². The highest BCUT2D eigenvalue weighted by Crippen LogP contribution is 2.25. The summed E-state index contributed by atoms with van der Waals surface area (Å²) in [4.78, 5) is 23.1. The molecule has 0 fully saturated rings. The molecule has 0 saturated carbocycles. The van der Waals surface area contributed by atoms with E-state index in [4.69, 9.17) is 4.74 Å². The minimum atomic E-state index is -0.198. The van der Waals surface area contributed by atoms with E-state index in [2.05, 4.69) is 37.5 Å². The molecule has 2 amide bonds. The van der Waals surface area contributed by atoms with Crippen molar-refractivity contribution in [1.29, 1.82) is 0 Å². The van der Waals surface area contributed by atoms with Gasteiger partial charge in [0.1, 0.15) is 5.75 Å². The second-order valence-corrected chi connectivity index (χ2v) is 7.22. The molecule has 0 spiro atoms. The van der Waals surface area contributed by atoms with E-state index in [1.807, 2.05) is 36.4 Å². The van der Waals surface area contributed by atoms with E-state index in [-0.39, 0.29) is 23.8 Å². The van der Waals surface area contributed by atoms with Gasteiger partial charge in [0.15, 0.2) is 6.61 Å². The summed E-state index contributed by atoms with van der Waals surface area (Å²) in [7, 11) is 0. The van der Waals surface area contributed by atoms with E-state index < -0.39 is 0 Å². The van der Waals surface area contributed by atoms with E-state index in [1.165, 1.54) is 6.92 Å². The van der Waals surface area contributed by atoms with Crippen molar-refractivity contribution in [2.45, 2.75) is 39.7 Å². The van der Waals surface area contributed by atoms with Gasteiger partial charge >= 0.3 is 0 Å². The van der Waals surface area contributed by atoms with Crippen LogP contribution in [0, 0.1) is 0 Å². The maximum atomic E-state index is 12.0. The van der Waals surface area contributed by atoms with E-state index in [9.17, 15) is 9.59 Å². The molecule has 0 bridgehead atoms. The zero-order chi connectivity index (χ0) is 19.2. The quantitative estimate of drug-likeness (QED) is 0.832. The van der Waals surface area contributed by atoms with Crippen LogP contribution >= 0.6 is 0 Å². The van der Waals surface area contributed by atoms with Crippen LogP contribution in [0.2, 0.25) is 0 Å². The van der Waals surface area contributed by atoms with Gasteiger partial charge in [-0.15, -0.1) is 0 Å². The Hall–Kier alpha value is -2.82. The molecule has 5 nitrogen and oxygen atoms in total. The first kappa shape index (κ1) is 19.5. The SMILES string of the molecule is CC(=O)Nc1cccc(CNC(=O)COc2cccc(C(C)(C)C)c2)c1. The van der Waals surface area contributed by atoms with E-state index in [0.717, 1.165) is 11.1 Å². The van der Waals surface area contributed by atoms with Gasteiger partial charge in [-0.2, -0.15) is 0 Å². The Kier molecular flexibility index (Phi) is 6.39. The highest BCUT2D eigenvalue weighted by molar-refractivity contribution is 5.88. The Morgan fingerprint density at radius 2 is 1.77 bits per heavy atom. The smallest absolute Gasteiger partial charge is 0.258 e. The second kappa shape index (κ2) is 8.52. The van der Waals surface area contributed by atoms with Gasteiger partial charge in [0.25, 0.3) is 5.91 Å². The van der Waals surface area contributed by atoms with Crippen LogP contribution in [-0.2, 0) is 21.5 Å². The van der Waals surface area contributed by atoms with Crippen LogP contribution in [0.1, 0.15) is 38.8 Å². The summed E-state index contributed by atoms with van der Waals surface area (Å²) in [5.74, 6) is 0.355. The number of carbonyl (C=O) groups excluding carboxylic acids is 2. The predicted octanol–water partition coefficient (Wildman–Crippen LogP) is 3.64. The van der Waals surface area contributed by atoms with E-state index in [0.29, 0.717) is 18.0 Å². The minimum Gasteiger partial charge on any atom is -0.484 e. The maximum absolute atomic E-state index is 12.0. The average molecular weight is 354 g/mol. The molecule has 0 aliphatic heterocycles. The fourth-order valence-electron chi connectivity index (χ4n) is 2.42. The van der Waals surface area contributed by atoms with Gasteiger partial charge in [-0.3, -0.25) is 9.59 Å². The monoisotopic (exact) mass is 354 g/mol. The number of nitrogens with one attached hydrogen (secondary N) is 2. The third kappa shape index (κ3) is 6.24. The molecule has 2 aromatic carbocycles. The zero-order valence-corrected chi connectivity index (χ0v) is 15.8. The lowest BCUT2D eigenvalue weighted by Crippen LogP contribution is -2.28. The lowest BCUT2D eigenvalue weighted by Gasteiger charge is -2.19. The molecule has 0 atom stereocenters. The van der Waals surface area contributed by atoms with Crippen molar-refractivity contribution in [1.82, 2.24) is 5.32 Å². The molecule has 0 aromatic heterocycles. The van der Waals surface area contributed by atoms with Gasteiger partial charge in [0.2, 0.25) is 5.91 Å². The Labute approximate surface area is 154 Å². The fraction of sp³-hybridized carbons (Fsp3) is 0.333. The molecule has 0 radical (unpaired) electrons. The van der Waals surface area contributed by atoms with Gasteiger partial charge in [-0.25, -0.2) is 0 Å². The molecule has 0 heterocycles. The maximum Gasteiger partial charge on any atom is 0.258 e. The number of rotatable bonds is 6. The van der Waals surface area contributed by atoms with Crippen molar-refractivity contribution in [2.24, 2.45) is 0 Å². The summed E-state index contributed by atoms with van der Waals surface area (Å²) >= 11 is 0. The van der Waals surface area contributed by atoms with Crippen molar-refractivity contribution >= 4 is 17.5 Å². The third-order valence-electron chi connectivity index (χ3n) is 3.81. The lowest BCUT2D eigenvalue weighted by molar-refractivity contribution is -0.123. The normalized spacial score (nSPS) is 10.9. The zero-order valence-electron chi connectivity index (χ0n) is 15.8. The number of ether oxygens (including phenoxy) is 1. The first-order chi connectivity index (χ1) is 12.2. The van der Waals surface area contributed by atoms with Crippen LogP contribution in [0.15, 0.2) is 48.5 Å². The summed E-state index contributed by atoms with van der Waals surface area (Å²) < 4.78 is 5.60. The largest absolute Gasteiger partial charge is 0.484 e. The topological polar surface area (TPSA) is 67.4 Å². The van der Waals surface area contributed by atoms with Crippen LogP contribution < -0.4 is 15.4 Å². The molecule has 0 unspecified atom stereocenters. The standard InChI is InChI=1S/C21H26N2O3/c1-15(24)23-18-9-5-7-16(11-18)13-22-20(25)14-26-19-10-6-8-17(12-19)21(2,3)4/h5-12H,13-14H2,1-4H3,(H,22,25)(H,23,24). The summed E-state index contributed by atoms with van der Waals surface area (Å²) in [5.41, 5.74) is 2.80. The highest BCUT2D eigenvalue weighted by Gasteiger charge is 2.14. The fourth-order valence-corrected chi connectivity index (χ4v) is 2.42. The number of carbonyl (C=O) groups is 2. The van der Waals surface area contributed by atoms with Crippen LogP contribution in [0.5, 0.6) is 5.75 Å². The molecule has 5 heteroatoms. The van der Waals surface area contributed by atoms with Crippen molar-refractivity contribution in [3.8, 4) is 5.75 Å². The average Bonchev–Trinajstić information content (AvgIpc) is 2.57. The Morgan fingerprint density at radius 1 is 1.04 bits per heavy atom. The summed E-state index contributed by atoms with van der Waals surface area (Å²) in [6, 6.07) is 15.1. The molecule has 0 saturated heterocycles. The Balaban J connectivity index is 1.85. The number of anilines is 1. The minimum absolute atomic E-state index is 0.0283. The first-order valence-electron chi connectivity index (χ1n) is 8.60. The van der Waals surface area contributed by atoms with Gasteiger partial charge < -0.3 is 15.4 Å². The van der Waals surface area contributed by atoms with Gasteiger partial charge in [0.05, 0.1) is 0 Å². The molecule has 2 aromatic rings. The molecule has 138 valence electrons. The summed E-state index contributed by atoms with van der Waals surface area (Å²) in [6.45, 7) is 8.19. The highest BCUT2D eigenvalue weighted by atomic mass is 16.5. The number of amides is 2. The molecular weight excluding hydrogens is 328 g/mol. The van der Waals surface area contributed by atoms with Crippen LogP contribution in [-0.4, -0.2) is 18.4 Å². The predicted molar refractivity (Wildman–Crippen MR) is 103 cm³/mol. The van der Waals surface area contributed by atoms with Crippen molar-refractivity contribution < 1.29 is 14.3 Å². The van der Waals surface area contributed by atoms with E-state index in [1.54, 1.807) is 6.07 Å². The molecule has 0 aliphatic carbocycles. The van der Waals surface area contributed by atoms with Crippen molar-refractivity contribution in [3.63, 3.8) is 0 Å². The Morgan fingerprint density at radius 3 is 2.46 bits per heavy atom. The molecule has 2 N–H and O–H groups in total. The Bertz CT molecular complexity index is 779. The van der Waals surface area contributed by atoms with Crippen LogP contribution in [0.4, 0.5) is 5.69 Å². The third-order valence-corrected chi connectivity index (χ3v) is 3.81. The first-order valence-corrected chi connectivity index (χ1v) is 8.60. The second-order valence-electron chi connectivity index (χ2n) is 7.22. The van der Waals surface area contributed by atoms with Gasteiger partial charge in [0, 0.05) is 19.2 Å². The van der Waals surface area contributed by atoms with Crippen LogP contribution in [0.3, 0.4) is 0 Å². The van der Waals surface area contributed by atoms with Crippen molar-refractivity contribution in [2.75, 3.05) is 11.9 Å². The summed E-state index contributed by atoms with van der Waals surface area (Å²) in [5, 5.41) is 5.54. The lowest BCUT2D eigenvalue weighted by atomic mass is 9.87. The van der Waals surface area contributed by atoms with E-state index >= 15 is 0 Å². The summed E-state index contributed by atoms with van der Waals surface area (Å²) in [6.07, 6.45) is 0. The molecular formula is C21H26N2O3. The molecule has 0 aliphatic rings.